The van der Waals surface area contributed by atoms with Crippen molar-refractivity contribution >= 4 is 50.2 Å². The Morgan fingerprint density at radius 1 is 0.913 bits per heavy atom. The van der Waals surface area contributed by atoms with Gasteiger partial charge in [-0.1, -0.05) is 12.1 Å². The molecule has 1 aliphatic carbocycles. The van der Waals surface area contributed by atoms with Crippen molar-refractivity contribution in [2.24, 2.45) is 11.3 Å². The molecule has 356 valence electrons. The number of hydrogen-bond acceptors (Lipinski definition) is 11. The van der Waals surface area contributed by atoms with Gasteiger partial charge in [-0.3, -0.25) is 33.8 Å². The second kappa shape index (κ2) is 17.3. The fraction of sp³-hybridized carbons (Fsp3) is 0.400. The third-order valence-corrected chi connectivity index (χ3v) is 16.4. The van der Waals surface area contributed by atoms with Gasteiger partial charge in [-0.2, -0.15) is 18.0 Å². The summed E-state index contributed by atoms with van der Waals surface area (Å²) in [6, 6.07) is 21.5. The van der Waals surface area contributed by atoms with Crippen molar-refractivity contribution < 1.29 is 36.3 Å². The van der Waals surface area contributed by atoms with E-state index in [-0.39, 0.29) is 54.6 Å². The first-order chi connectivity index (χ1) is 33.2. The van der Waals surface area contributed by atoms with E-state index in [9.17, 15) is 37.2 Å². The Kier molecular flexibility index (Phi) is 11.2. The first kappa shape index (κ1) is 44.7. The smallest absolute Gasteiger partial charge is 0.301 e. The van der Waals surface area contributed by atoms with Crippen LogP contribution in [-0.4, -0.2) is 108 Å². The van der Waals surface area contributed by atoms with Gasteiger partial charge in [0.1, 0.15) is 35.9 Å². The normalized spacial score (nSPS) is 22.1. The van der Waals surface area contributed by atoms with Gasteiger partial charge in [-0.15, -0.1) is 0 Å². The third-order valence-electron chi connectivity index (χ3n) is 15.0. The fourth-order valence-corrected chi connectivity index (χ4v) is 12.7. The Morgan fingerprint density at radius 3 is 2.41 bits per heavy atom. The predicted molar refractivity (Wildman–Crippen MR) is 250 cm³/mol. The van der Waals surface area contributed by atoms with Crippen LogP contribution < -0.4 is 25.2 Å². The van der Waals surface area contributed by atoms with Crippen molar-refractivity contribution in [2.75, 3.05) is 55.4 Å². The number of piperidine rings is 2. The number of amides is 3. The van der Waals surface area contributed by atoms with Gasteiger partial charge in [0.25, 0.3) is 11.5 Å². The van der Waals surface area contributed by atoms with Gasteiger partial charge in [0.15, 0.2) is 11.6 Å². The number of likely N-dealkylation sites (tertiary alicyclic amines) is 1. The Balaban J connectivity index is 0.674. The molecule has 5 aromatic rings. The third kappa shape index (κ3) is 8.37. The van der Waals surface area contributed by atoms with E-state index in [1.807, 2.05) is 36.4 Å². The van der Waals surface area contributed by atoms with E-state index in [2.05, 4.69) is 37.0 Å². The lowest BCUT2D eigenvalue weighted by atomic mass is 9.57. The van der Waals surface area contributed by atoms with Crippen molar-refractivity contribution in [3.8, 4) is 23.3 Å². The van der Waals surface area contributed by atoms with Crippen LogP contribution in [0, 0.1) is 28.5 Å². The number of carbonyl (C=O) groups is 3. The number of aromatic nitrogens is 2. The highest BCUT2D eigenvalue weighted by Crippen LogP contribution is 2.53. The maximum absolute atomic E-state index is 15.2. The lowest BCUT2D eigenvalue weighted by Crippen LogP contribution is -2.63. The van der Waals surface area contributed by atoms with Gasteiger partial charge < -0.3 is 19.4 Å². The van der Waals surface area contributed by atoms with E-state index in [1.54, 1.807) is 4.90 Å². The number of hydrogen-bond donors (Lipinski definition) is 2. The van der Waals surface area contributed by atoms with Gasteiger partial charge in [0.2, 0.25) is 11.8 Å². The predicted octanol–water partition coefficient (Wildman–Crippen LogP) is 5.75. The minimum Gasteiger partial charge on any atom is -0.453 e. The molecule has 11 rings (SSSR count). The monoisotopic (exact) mass is 957 g/mol. The summed E-state index contributed by atoms with van der Waals surface area (Å²) in [6.45, 7) is 5.15. The van der Waals surface area contributed by atoms with Crippen LogP contribution in [0.15, 0.2) is 83.9 Å². The summed E-state index contributed by atoms with van der Waals surface area (Å²) in [7, 11) is -4.24. The van der Waals surface area contributed by atoms with Gasteiger partial charge >= 0.3 is 10.2 Å². The average Bonchev–Trinajstić information content (AvgIpc) is 3.91. The highest BCUT2D eigenvalue weighted by molar-refractivity contribution is 7.90. The molecular weight excluding hydrogens is 909 g/mol. The zero-order chi connectivity index (χ0) is 47.8. The average molecular weight is 958 g/mol. The summed E-state index contributed by atoms with van der Waals surface area (Å²) in [6.07, 6.45) is 5.29. The lowest BCUT2D eigenvalue weighted by molar-refractivity contribution is -0.136. The Labute approximate surface area is 396 Å². The molecule has 3 amide bonds. The number of anilines is 2. The van der Waals surface area contributed by atoms with E-state index < -0.39 is 51.0 Å². The maximum Gasteiger partial charge on any atom is 0.301 e. The molecule has 0 bridgehead atoms. The molecule has 1 spiro atoms. The molecule has 69 heavy (non-hydrogen) atoms. The molecule has 6 aliphatic rings. The van der Waals surface area contributed by atoms with Crippen molar-refractivity contribution in [3.05, 3.63) is 118 Å². The van der Waals surface area contributed by atoms with Crippen molar-refractivity contribution in [3.63, 3.8) is 0 Å². The molecule has 19 heteroatoms. The summed E-state index contributed by atoms with van der Waals surface area (Å²) in [4.78, 5) is 62.2. The number of alkyl halides is 1. The molecule has 4 aromatic carbocycles. The molecule has 5 fully saturated rings. The number of ether oxygens (including phenoxy) is 1. The van der Waals surface area contributed by atoms with Crippen LogP contribution in [0.4, 0.5) is 20.2 Å². The first-order valence-electron chi connectivity index (χ1n) is 23.4. The molecule has 1 unspecified atom stereocenters. The van der Waals surface area contributed by atoms with Gasteiger partial charge in [0.05, 0.1) is 22.3 Å². The molecular formula is C50H49F2N9O7S. The van der Waals surface area contributed by atoms with Gasteiger partial charge in [-0.25, -0.2) is 13.8 Å². The largest absolute Gasteiger partial charge is 0.453 e. The Morgan fingerprint density at radius 2 is 1.68 bits per heavy atom. The highest BCUT2D eigenvalue weighted by atomic mass is 32.2. The quantitative estimate of drug-likeness (QED) is 0.154. The van der Waals surface area contributed by atoms with E-state index >= 15 is 4.39 Å². The standard InChI is InChI=1S/C50H49F2N9O7S/c51-34-15-18-59(26-34)69(66,67)56-43-10-8-41(52)46(40(43)23-53)68-37-6-9-42-39(20-37)49(65)61(29-54-42)36-4-2-35(3-5-36)58-27-50(28-58)21-30(22-50)24-57-16-13-31(14-17-57)32-1-7-38-33(19-32)25-60(48(38)64)44-11-12-45(62)55-47(44)63/h1-10,19-20,29-31,34,44,56H,11-18,21-22,24-28H2,(H,55,62,63)/t34-,44?/m1/s1. The Bertz CT molecular complexity index is 3140. The Hall–Kier alpha value is -6.75. The maximum atomic E-state index is 15.2. The highest BCUT2D eigenvalue weighted by Gasteiger charge is 2.52. The number of benzene rings is 4. The number of carbonyl (C=O) groups excluding carboxylic acids is 3. The van der Waals surface area contributed by atoms with Crippen LogP contribution in [0.3, 0.4) is 0 Å². The second-order valence-corrected chi connectivity index (χ2v) is 21.2. The van der Waals surface area contributed by atoms with Crippen LogP contribution in [0.5, 0.6) is 11.5 Å². The topological polar surface area (TPSA) is 190 Å². The van der Waals surface area contributed by atoms with Gasteiger partial charge in [0, 0.05) is 62.4 Å². The van der Waals surface area contributed by atoms with Crippen LogP contribution in [0.2, 0.25) is 0 Å². The first-order valence-corrected chi connectivity index (χ1v) is 24.9. The molecule has 0 radical (unpaired) electrons. The minimum absolute atomic E-state index is 0.0225. The van der Waals surface area contributed by atoms with E-state index in [4.69, 9.17) is 4.74 Å². The van der Waals surface area contributed by atoms with E-state index in [0.29, 0.717) is 47.0 Å². The zero-order valence-electron chi connectivity index (χ0n) is 37.6. The summed E-state index contributed by atoms with van der Waals surface area (Å²) >= 11 is 0. The van der Waals surface area contributed by atoms with Gasteiger partial charge in [-0.05, 0) is 135 Å². The minimum atomic E-state index is -4.24. The summed E-state index contributed by atoms with van der Waals surface area (Å²) in [5, 5.41) is 12.5. The molecule has 6 heterocycles. The van der Waals surface area contributed by atoms with Crippen LogP contribution in [0.1, 0.15) is 77.9 Å². The number of halogens is 2. The number of nitrogens with zero attached hydrogens (tertiary/aromatic N) is 7. The summed E-state index contributed by atoms with van der Waals surface area (Å²) in [5.74, 6) is -1.18. The van der Waals surface area contributed by atoms with Crippen molar-refractivity contribution in [1.82, 2.24) is 29.0 Å². The number of imide groups is 1. The summed E-state index contributed by atoms with van der Waals surface area (Å²) in [5.41, 5.74) is 4.16. The number of nitriles is 1. The molecule has 1 aromatic heterocycles. The van der Waals surface area contributed by atoms with E-state index in [0.717, 1.165) is 73.3 Å². The van der Waals surface area contributed by atoms with Crippen molar-refractivity contribution in [2.45, 2.75) is 69.6 Å². The SMILES string of the molecule is N#Cc1c(NS(=O)(=O)N2CC[C@@H](F)C2)ccc(F)c1Oc1ccc2ncn(-c3ccc(N4CC5(CC(CN6CCC(c7ccc8c(c7)CN(C7CCC(=O)NC7=O)C8=O)CC6)C5)C4)cc3)c(=O)c2c1. The van der Waals surface area contributed by atoms with Crippen LogP contribution in [-0.2, 0) is 26.3 Å². The molecule has 2 N–H and O–H groups in total. The molecule has 2 atom stereocenters. The number of nitrogens with one attached hydrogen (secondary N) is 2. The lowest BCUT2D eigenvalue weighted by Gasteiger charge is -2.60. The molecule has 4 saturated heterocycles. The number of fused-ring (bicyclic) bond motifs is 2. The number of rotatable bonds is 11. The van der Waals surface area contributed by atoms with Crippen LogP contribution in [0.25, 0.3) is 16.6 Å². The van der Waals surface area contributed by atoms with Crippen LogP contribution >= 0.6 is 0 Å². The second-order valence-electron chi connectivity index (χ2n) is 19.5. The molecule has 1 saturated carbocycles. The fourth-order valence-electron chi connectivity index (χ4n) is 11.4. The van der Waals surface area contributed by atoms with E-state index in [1.165, 1.54) is 47.5 Å². The molecule has 5 aliphatic heterocycles. The molecule has 16 nitrogen and oxygen atoms in total. The summed E-state index contributed by atoms with van der Waals surface area (Å²) < 4.78 is 65.2. The van der Waals surface area contributed by atoms with Crippen molar-refractivity contribution in [1.29, 1.82) is 5.26 Å². The zero-order valence-corrected chi connectivity index (χ0v) is 38.4.